The summed E-state index contributed by atoms with van der Waals surface area (Å²) in [5.41, 5.74) is 1.87. The number of halogens is 2. The molecule has 0 saturated heterocycles. The summed E-state index contributed by atoms with van der Waals surface area (Å²) in [6.45, 7) is 2.65. The Morgan fingerprint density at radius 1 is 1.12 bits per heavy atom. The van der Waals surface area contributed by atoms with E-state index in [0.717, 1.165) is 0 Å². The maximum absolute atomic E-state index is 13.3. The monoisotopic (exact) mass is 494 g/mol. The Morgan fingerprint density at radius 3 is 2.56 bits per heavy atom. The van der Waals surface area contributed by atoms with E-state index >= 15 is 0 Å². The highest BCUT2D eigenvalue weighted by Crippen LogP contribution is 2.28. The third kappa shape index (κ3) is 6.43. The third-order valence-electron chi connectivity index (χ3n) is 4.34. The van der Waals surface area contributed by atoms with Gasteiger partial charge in [-0.2, -0.15) is 5.26 Å². The predicted molar refractivity (Wildman–Crippen MR) is 125 cm³/mol. The quantitative estimate of drug-likeness (QED) is 0.302. The molecule has 3 aromatic carbocycles. The first-order valence-corrected chi connectivity index (χ1v) is 10.6. The van der Waals surface area contributed by atoms with Crippen molar-refractivity contribution in [3.8, 4) is 17.6 Å². The normalized spacial score (nSPS) is 10.9. The van der Waals surface area contributed by atoms with Crippen LogP contribution in [0.25, 0.3) is 6.08 Å². The van der Waals surface area contributed by atoms with Crippen LogP contribution in [0.2, 0.25) is 0 Å². The summed E-state index contributed by atoms with van der Waals surface area (Å²) in [6.07, 6.45) is 1.49. The van der Waals surface area contributed by atoms with Crippen LogP contribution in [0.3, 0.4) is 0 Å². The number of nitrogens with one attached hydrogen (secondary N) is 1. The van der Waals surface area contributed by atoms with Crippen LogP contribution in [0.1, 0.15) is 18.1 Å². The summed E-state index contributed by atoms with van der Waals surface area (Å²) in [6, 6.07) is 20.2. The van der Waals surface area contributed by atoms with Crippen LogP contribution in [-0.4, -0.2) is 12.5 Å². The van der Waals surface area contributed by atoms with Gasteiger partial charge in [0.05, 0.1) is 11.1 Å². The Morgan fingerprint density at radius 2 is 1.91 bits per heavy atom. The van der Waals surface area contributed by atoms with Gasteiger partial charge in [-0.25, -0.2) is 4.39 Å². The summed E-state index contributed by atoms with van der Waals surface area (Å²) in [4.78, 5) is 12.5. The number of nitrogens with zero attached hydrogens (tertiary/aromatic N) is 1. The number of nitriles is 1. The van der Waals surface area contributed by atoms with Crippen LogP contribution in [0.4, 0.5) is 10.1 Å². The Hall–Kier alpha value is -3.63. The zero-order valence-electron chi connectivity index (χ0n) is 17.3. The van der Waals surface area contributed by atoms with Crippen molar-refractivity contribution in [2.45, 2.75) is 13.5 Å². The molecule has 3 rings (SSSR count). The number of ether oxygens (including phenoxy) is 2. The Kier molecular flexibility index (Phi) is 8.01. The zero-order valence-corrected chi connectivity index (χ0v) is 18.9. The first-order chi connectivity index (χ1) is 15.5. The minimum absolute atomic E-state index is 0.0424. The summed E-state index contributed by atoms with van der Waals surface area (Å²) < 4.78 is 25.0. The number of hydrogen-bond acceptors (Lipinski definition) is 4. The highest BCUT2D eigenvalue weighted by atomic mass is 79.9. The molecule has 1 N–H and O–H groups in total. The largest absolute Gasteiger partial charge is 0.494 e. The topological polar surface area (TPSA) is 71.3 Å². The van der Waals surface area contributed by atoms with Gasteiger partial charge < -0.3 is 14.8 Å². The summed E-state index contributed by atoms with van der Waals surface area (Å²) in [5, 5.41) is 12.1. The summed E-state index contributed by atoms with van der Waals surface area (Å²) in [5.74, 6) is 0.423. The molecular formula is C25H20BrFN2O3. The molecule has 1 amide bonds. The van der Waals surface area contributed by atoms with E-state index in [9.17, 15) is 14.4 Å². The second kappa shape index (κ2) is 11.1. The van der Waals surface area contributed by atoms with Gasteiger partial charge in [0, 0.05) is 5.69 Å². The van der Waals surface area contributed by atoms with Gasteiger partial charge in [0.15, 0.2) is 0 Å². The average molecular weight is 495 g/mol. The molecule has 0 aliphatic rings. The number of carbonyl (C=O) groups is 1. The van der Waals surface area contributed by atoms with Crippen molar-refractivity contribution in [3.63, 3.8) is 0 Å². The predicted octanol–water partition coefficient (Wildman–Crippen LogP) is 6.11. The summed E-state index contributed by atoms with van der Waals surface area (Å²) in [7, 11) is 0. The fraction of sp³-hybridized carbons (Fsp3) is 0.120. The number of benzene rings is 3. The van der Waals surface area contributed by atoms with Gasteiger partial charge in [0.25, 0.3) is 5.91 Å². The second-order valence-corrected chi connectivity index (χ2v) is 7.54. The summed E-state index contributed by atoms with van der Waals surface area (Å²) >= 11 is 3.43. The first kappa shape index (κ1) is 23.0. The van der Waals surface area contributed by atoms with Crippen LogP contribution in [0, 0.1) is 17.1 Å². The van der Waals surface area contributed by atoms with E-state index in [1.807, 2.05) is 13.0 Å². The smallest absolute Gasteiger partial charge is 0.266 e. The molecule has 162 valence electrons. The standard InChI is InChI=1S/C25H20BrFN2O3/c1-2-31-22-9-7-21(8-10-22)29-25(30)19(15-28)12-17-6-11-24(23(26)14-17)32-16-18-4-3-5-20(27)13-18/h3-14H,2,16H2,1H3,(H,29,30)/b19-12-. The van der Waals surface area contributed by atoms with Gasteiger partial charge in [-0.3, -0.25) is 4.79 Å². The van der Waals surface area contributed by atoms with E-state index in [1.54, 1.807) is 54.6 Å². The molecule has 32 heavy (non-hydrogen) atoms. The molecule has 0 fully saturated rings. The third-order valence-corrected chi connectivity index (χ3v) is 4.96. The molecule has 0 spiro atoms. The highest BCUT2D eigenvalue weighted by molar-refractivity contribution is 9.10. The number of anilines is 1. The lowest BCUT2D eigenvalue weighted by Crippen LogP contribution is -2.13. The van der Waals surface area contributed by atoms with Crippen LogP contribution >= 0.6 is 15.9 Å². The van der Waals surface area contributed by atoms with Crippen molar-refractivity contribution in [3.05, 3.63) is 93.7 Å². The molecule has 0 aromatic heterocycles. The van der Waals surface area contributed by atoms with Crippen molar-refractivity contribution in [2.75, 3.05) is 11.9 Å². The minimum Gasteiger partial charge on any atom is -0.494 e. The SMILES string of the molecule is CCOc1ccc(NC(=O)/C(C#N)=C\c2ccc(OCc3cccc(F)c3)c(Br)c2)cc1. The maximum Gasteiger partial charge on any atom is 0.266 e. The number of amides is 1. The lowest BCUT2D eigenvalue weighted by molar-refractivity contribution is -0.112. The van der Waals surface area contributed by atoms with E-state index in [4.69, 9.17) is 9.47 Å². The van der Waals surface area contributed by atoms with E-state index in [2.05, 4.69) is 21.2 Å². The van der Waals surface area contributed by atoms with Gasteiger partial charge in [-0.1, -0.05) is 18.2 Å². The molecular weight excluding hydrogens is 475 g/mol. The second-order valence-electron chi connectivity index (χ2n) is 6.69. The maximum atomic E-state index is 13.3. The van der Waals surface area contributed by atoms with Gasteiger partial charge >= 0.3 is 0 Å². The first-order valence-electron chi connectivity index (χ1n) is 9.81. The molecule has 0 unspecified atom stereocenters. The highest BCUT2D eigenvalue weighted by Gasteiger charge is 2.11. The fourth-order valence-electron chi connectivity index (χ4n) is 2.83. The van der Waals surface area contributed by atoms with Gasteiger partial charge in [-0.15, -0.1) is 0 Å². The van der Waals surface area contributed by atoms with Crippen LogP contribution in [-0.2, 0) is 11.4 Å². The van der Waals surface area contributed by atoms with Crippen molar-refractivity contribution in [1.82, 2.24) is 0 Å². The van der Waals surface area contributed by atoms with E-state index in [1.165, 1.54) is 18.2 Å². The molecule has 0 aliphatic heterocycles. The van der Waals surface area contributed by atoms with E-state index in [-0.39, 0.29) is 18.0 Å². The lowest BCUT2D eigenvalue weighted by Gasteiger charge is -2.09. The van der Waals surface area contributed by atoms with Crippen molar-refractivity contribution in [2.24, 2.45) is 0 Å². The van der Waals surface area contributed by atoms with Crippen LogP contribution in [0.5, 0.6) is 11.5 Å². The number of hydrogen-bond donors (Lipinski definition) is 1. The molecule has 0 bridgehead atoms. The zero-order chi connectivity index (χ0) is 22.9. The molecule has 0 heterocycles. The Bertz CT molecular complexity index is 1170. The Balaban J connectivity index is 1.67. The molecule has 3 aromatic rings. The van der Waals surface area contributed by atoms with Crippen LogP contribution < -0.4 is 14.8 Å². The van der Waals surface area contributed by atoms with Crippen molar-refractivity contribution in [1.29, 1.82) is 5.26 Å². The lowest BCUT2D eigenvalue weighted by atomic mass is 10.1. The van der Waals surface area contributed by atoms with Gasteiger partial charge in [0.1, 0.15) is 35.6 Å². The average Bonchev–Trinajstić information content (AvgIpc) is 2.78. The fourth-order valence-corrected chi connectivity index (χ4v) is 3.34. The van der Waals surface area contributed by atoms with Crippen LogP contribution in [0.15, 0.2) is 76.8 Å². The molecule has 0 atom stereocenters. The number of rotatable bonds is 8. The molecule has 7 heteroatoms. The minimum atomic E-state index is -0.515. The van der Waals surface area contributed by atoms with Crippen molar-refractivity contribution < 1.29 is 18.7 Å². The molecule has 0 radical (unpaired) electrons. The van der Waals surface area contributed by atoms with E-state index < -0.39 is 5.91 Å². The molecule has 5 nitrogen and oxygen atoms in total. The molecule has 0 saturated carbocycles. The van der Waals surface area contributed by atoms with Gasteiger partial charge in [0.2, 0.25) is 0 Å². The number of carbonyl (C=O) groups excluding carboxylic acids is 1. The van der Waals surface area contributed by atoms with Gasteiger partial charge in [-0.05, 0) is 88.6 Å². The molecule has 0 aliphatic carbocycles. The van der Waals surface area contributed by atoms with Crippen molar-refractivity contribution >= 4 is 33.6 Å². The Labute approximate surface area is 194 Å². The van der Waals surface area contributed by atoms with E-state index in [0.29, 0.717) is 39.4 Å².